The molecule has 0 fully saturated rings. The average molecular weight is 311 g/mol. The summed E-state index contributed by atoms with van der Waals surface area (Å²) in [5.41, 5.74) is 12.4. The van der Waals surface area contributed by atoms with E-state index in [0.29, 0.717) is 32.6 Å². The van der Waals surface area contributed by atoms with E-state index < -0.39 is 5.91 Å². The zero-order chi connectivity index (χ0) is 14.7. The first-order valence-electron chi connectivity index (χ1n) is 5.74. The Bertz CT molecular complexity index is 636. The van der Waals surface area contributed by atoms with Crippen LogP contribution in [0, 0.1) is 0 Å². The topological polar surface area (TPSA) is 78.3 Å². The fourth-order valence-corrected chi connectivity index (χ4v) is 2.37. The minimum atomic E-state index is -0.515. The SMILES string of the molecule is NC(=O)c1ccccc1COc1c(Cl)cc(N)cc1Cl. The number of nitrogens with two attached hydrogens (primary N) is 2. The monoisotopic (exact) mass is 310 g/mol. The van der Waals surface area contributed by atoms with Gasteiger partial charge in [-0.25, -0.2) is 0 Å². The van der Waals surface area contributed by atoms with Gasteiger partial charge in [-0.1, -0.05) is 41.4 Å². The minimum absolute atomic E-state index is 0.127. The number of amides is 1. The maximum absolute atomic E-state index is 11.3. The molecule has 0 saturated heterocycles. The summed E-state index contributed by atoms with van der Waals surface area (Å²) < 4.78 is 5.57. The summed E-state index contributed by atoms with van der Waals surface area (Å²) in [5.74, 6) is -0.194. The fourth-order valence-electron chi connectivity index (χ4n) is 1.75. The van der Waals surface area contributed by atoms with Crippen LogP contribution in [-0.2, 0) is 6.61 Å². The molecule has 1 amide bonds. The third kappa shape index (κ3) is 3.15. The lowest BCUT2D eigenvalue weighted by Gasteiger charge is -2.12. The lowest BCUT2D eigenvalue weighted by Crippen LogP contribution is -2.14. The van der Waals surface area contributed by atoms with Gasteiger partial charge in [0.25, 0.3) is 0 Å². The Morgan fingerprint density at radius 1 is 1.15 bits per heavy atom. The molecule has 6 heteroatoms. The molecule has 20 heavy (non-hydrogen) atoms. The second kappa shape index (κ2) is 6.03. The van der Waals surface area contributed by atoms with Crippen molar-refractivity contribution >= 4 is 34.8 Å². The molecule has 0 aliphatic rings. The molecule has 0 unspecified atom stereocenters. The highest BCUT2D eigenvalue weighted by Gasteiger charge is 2.12. The summed E-state index contributed by atoms with van der Waals surface area (Å²) in [4.78, 5) is 11.3. The standard InChI is InChI=1S/C14H12Cl2N2O2/c15-11-5-9(17)6-12(16)13(11)20-7-8-3-1-2-4-10(8)14(18)19/h1-6H,7,17H2,(H2,18,19). The van der Waals surface area contributed by atoms with Crippen LogP contribution in [-0.4, -0.2) is 5.91 Å². The summed E-state index contributed by atoms with van der Waals surface area (Å²) in [6, 6.07) is 9.99. The Morgan fingerprint density at radius 2 is 1.75 bits per heavy atom. The summed E-state index contributed by atoms with van der Waals surface area (Å²) in [5, 5.41) is 0.623. The molecule has 0 aliphatic heterocycles. The second-order valence-corrected chi connectivity index (χ2v) is 4.94. The number of hydrogen-bond donors (Lipinski definition) is 2. The zero-order valence-electron chi connectivity index (χ0n) is 10.4. The van der Waals surface area contributed by atoms with E-state index >= 15 is 0 Å². The van der Waals surface area contributed by atoms with Crippen molar-refractivity contribution in [1.82, 2.24) is 0 Å². The smallest absolute Gasteiger partial charge is 0.249 e. The van der Waals surface area contributed by atoms with E-state index in [-0.39, 0.29) is 6.61 Å². The van der Waals surface area contributed by atoms with Gasteiger partial charge in [0.1, 0.15) is 6.61 Å². The van der Waals surface area contributed by atoms with Crippen molar-refractivity contribution in [2.75, 3.05) is 5.73 Å². The van der Waals surface area contributed by atoms with E-state index in [2.05, 4.69) is 0 Å². The first-order valence-corrected chi connectivity index (χ1v) is 6.49. The highest BCUT2D eigenvalue weighted by atomic mass is 35.5. The number of hydrogen-bond acceptors (Lipinski definition) is 3. The van der Waals surface area contributed by atoms with E-state index in [4.69, 9.17) is 39.4 Å². The van der Waals surface area contributed by atoms with Crippen LogP contribution in [0.4, 0.5) is 5.69 Å². The number of halogens is 2. The van der Waals surface area contributed by atoms with Crippen LogP contribution in [0.3, 0.4) is 0 Å². The van der Waals surface area contributed by atoms with Gasteiger partial charge in [-0.2, -0.15) is 0 Å². The van der Waals surface area contributed by atoms with E-state index in [1.165, 1.54) is 0 Å². The van der Waals surface area contributed by atoms with Crippen LogP contribution in [0.15, 0.2) is 36.4 Å². The van der Waals surface area contributed by atoms with Gasteiger partial charge in [-0.05, 0) is 18.2 Å². The van der Waals surface area contributed by atoms with Gasteiger partial charge < -0.3 is 16.2 Å². The molecular weight excluding hydrogens is 299 g/mol. The number of rotatable bonds is 4. The molecule has 0 saturated carbocycles. The number of benzene rings is 2. The van der Waals surface area contributed by atoms with Crippen LogP contribution in [0.2, 0.25) is 10.0 Å². The molecule has 2 aromatic carbocycles. The van der Waals surface area contributed by atoms with E-state index in [1.54, 1.807) is 36.4 Å². The average Bonchev–Trinajstić information content (AvgIpc) is 2.37. The van der Waals surface area contributed by atoms with Crippen LogP contribution < -0.4 is 16.2 Å². The third-order valence-electron chi connectivity index (χ3n) is 2.68. The van der Waals surface area contributed by atoms with Gasteiger partial charge in [0, 0.05) is 16.8 Å². The number of carbonyl (C=O) groups excluding carboxylic acids is 1. The first-order chi connectivity index (χ1) is 9.49. The van der Waals surface area contributed by atoms with E-state index in [9.17, 15) is 4.79 Å². The molecule has 4 nitrogen and oxygen atoms in total. The Kier molecular flexibility index (Phi) is 4.37. The normalized spacial score (nSPS) is 10.3. The summed E-state index contributed by atoms with van der Waals surface area (Å²) >= 11 is 12.0. The molecule has 0 heterocycles. The number of carbonyl (C=O) groups is 1. The number of anilines is 1. The quantitative estimate of drug-likeness (QED) is 0.851. The van der Waals surface area contributed by atoms with Crippen molar-refractivity contribution in [3.8, 4) is 5.75 Å². The molecule has 0 aromatic heterocycles. The molecule has 0 spiro atoms. The zero-order valence-corrected chi connectivity index (χ0v) is 11.9. The third-order valence-corrected chi connectivity index (χ3v) is 3.24. The molecule has 0 bridgehead atoms. The fraction of sp³-hybridized carbons (Fsp3) is 0.0714. The molecule has 2 rings (SSSR count). The Morgan fingerprint density at radius 3 is 2.35 bits per heavy atom. The van der Waals surface area contributed by atoms with E-state index in [1.807, 2.05) is 0 Å². The summed E-state index contributed by atoms with van der Waals surface area (Å²) in [6.07, 6.45) is 0. The van der Waals surface area contributed by atoms with Crippen LogP contribution in [0.5, 0.6) is 5.75 Å². The van der Waals surface area contributed by atoms with Gasteiger partial charge in [0.2, 0.25) is 5.91 Å². The summed E-state index contributed by atoms with van der Waals surface area (Å²) in [7, 11) is 0. The predicted molar refractivity (Wildman–Crippen MR) is 80.2 cm³/mol. The predicted octanol–water partition coefficient (Wildman–Crippen LogP) is 3.25. The van der Waals surface area contributed by atoms with Gasteiger partial charge in [-0.3, -0.25) is 4.79 Å². The minimum Gasteiger partial charge on any atom is -0.486 e. The van der Waals surface area contributed by atoms with Gasteiger partial charge >= 0.3 is 0 Å². The Balaban J connectivity index is 2.24. The van der Waals surface area contributed by atoms with Gasteiger partial charge in [-0.15, -0.1) is 0 Å². The van der Waals surface area contributed by atoms with Gasteiger partial charge in [0.15, 0.2) is 5.75 Å². The molecule has 0 aliphatic carbocycles. The van der Waals surface area contributed by atoms with Crippen molar-refractivity contribution in [3.05, 3.63) is 57.6 Å². The highest BCUT2D eigenvalue weighted by molar-refractivity contribution is 6.37. The molecule has 0 radical (unpaired) electrons. The Labute approximate surface area is 126 Å². The lowest BCUT2D eigenvalue weighted by atomic mass is 10.1. The lowest BCUT2D eigenvalue weighted by molar-refractivity contribution is 0.0998. The second-order valence-electron chi connectivity index (χ2n) is 4.12. The van der Waals surface area contributed by atoms with E-state index in [0.717, 1.165) is 0 Å². The number of ether oxygens (including phenoxy) is 1. The summed E-state index contributed by atoms with van der Waals surface area (Å²) in [6.45, 7) is 0.127. The van der Waals surface area contributed by atoms with Crippen LogP contribution >= 0.6 is 23.2 Å². The largest absolute Gasteiger partial charge is 0.486 e. The molecule has 4 N–H and O–H groups in total. The maximum atomic E-state index is 11.3. The number of nitrogen functional groups attached to an aromatic ring is 1. The van der Waals surface area contributed by atoms with Crippen molar-refractivity contribution in [2.24, 2.45) is 5.73 Å². The van der Waals surface area contributed by atoms with Crippen molar-refractivity contribution in [2.45, 2.75) is 6.61 Å². The molecule has 0 atom stereocenters. The first kappa shape index (κ1) is 14.5. The van der Waals surface area contributed by atoms with Crippen molar-refractivity contribution < 1.29 is 9.53 Å². The van der Waals surface area contributed by atoms with Crippen LogP contribution in [0.1, 0.15) is 15.9 Å². The number of primary amides is 1. The maximum Gasteiger partial charge on any atom is 0.249 e. The molecule has 104 valence electrons. The van der Waals surface area contributed by atoms with Crippen molar-refractivity contribution in [1.29, 1.82) is 0 Å². The molecule has 2 aromatic rings. The van der Waals surface area contributed by atoms with Gasteiger partial charge in [0.05, 0.1) is 10.0 Å². The Hall–Kier alpha value is -1.91. The highest BCUT2D eigenvalue weighted by Crippen LogP contribution is 2.35. The van der Waals surface area contributed by atoms with Crippen LogP contribution in [0.25, 0.3) is 0 Å². The molecular formula is C14H12Cl2N2O2. The van der Waals surface area contributed by atoms with Crippen molar-refractivity contribution in [3.63, 3.8) is 0 Å².